The Kier molecular flexibility index (Phi) is 6.72. The van der Waals surface area contributed by atoms with Crippen LogP contribution in [0.15, 0.2) is 12.1 Å². The number of nitrogens with two attached hydrogens (primary N) is 1. The smallest absolute Gasteiger partial charge is 0.240 e. The van der Waals surface area contributed by atoms with Crippen molar-refractivity contribution < 1.29 is 9.53 Å². The molecule has 7 heteroatoms. The van der Waals surface area contributed by atoms with E-state index < -0.39 is 5.54 Å². The zero-order chi connectivity index (χ0) is 15.7. The number of hydrogen-bond donors (Lipinski definition) is 2. The van der Waals surface area contributed by atoms with Crippen LogP contribution in [0.25, 0.3) is 0 Å². The van der Waals surface area contributed by atoms with E-state index in [1.54, 1.807) is 0 Å². The van der Waals surface area contributed by atoms with Gasteiger partial charge in [0.2, 0.25) is 5.91 Å². The van der Waals surface area contributed by atoms with Gasteiger partial charge in [0.15, 0.2) is 0 Å². The van der Waals surface area contributed by atoms with Crippen LogP contribution in [0.3, 0.4) is 0 Å². The number of amides is 1. The Morgan fingerprint density at radius 2 is 2.23 bits per heavy atom. The Balaban J connectivity index is 0.00000242. The molecule has 126 valence electrons. The van der Waals surface area contributed by atoms with Crippen LogP contribution in [-0.4, -0.2) is 30.7 Å². The predicted octanol–water partition coefficient (Wildman–Crippen LogP) is 3.01. The van der Waals surface area contributed by atoms with Crippen molar-refractivity contribution in [3.63, 3.8) is 0 Å². The fourth-order valence-corrected chi connectivity index (χ4v) is 3.85. The summed E-state index contributed by atoms with van der Waals surface area (Å²) in [4.78, 5) is 13.6. The maximum absolute atomic E-state index is 12.4. The highest BCUT2D eigenvalue weighted by Gasteiger charge is 2.62. The molecular weight excluding hydrogens is 343 g/mol. The fourth-order valence-electron chi connectivity index (χ4n) is 2.76. The minimum absolute atomic E-state index is 0. The van der Waals surface area contributed by atoms with E-state index in [4.69, 9.17) is 22.1 Å². The summed E-state index contributed by atoms with van der Waals surface area (Å²) in [5.41, 5.74) is 5.12. The van der Waals surface area contributed by atoms with E-state index in [1.807, 2.05) is 32.9 Å². The van der Waals surface area contributed by atoms with E-state index in [0.717, 1.165) is 15.6 Å². The van der Waals surface area contributed by atoms with Crippen LogP contribution in [0, 0.1) is 5.41 Å². The average molecular weight is 367 g/mol. The summed E-state index contributed by atoms with van der Waals surface area (Å²) in [7, 11) is 0. The molecule has 1 fully saturated rings. The summed E-state index contributed by atoms with van der Waals surface area (Å²) in [6.07, 6.45) is 1.40. The SMILES string of the molecule is CCOC1CC(N)(C(=O)NCCc2ccc(Cl)s2)C1(C)C.Cl. The van der Waals surface area contributed by atoms with Crippen LogP contribution in [0.2, 0.25) is 4.34 Å². The van der Waals surface area contributed by atoms with Crippen molar-refractivity contribution in [2.75, 3.05) is 13.2 Å². The van der Waals surface area contributed by atoms with Gasteiger partial charge in [-0.2, -0.15) is 0 Å². The van der Waals surface area contributed by atoms with Crippen LogP contribution in [0.5, 0.6) is 0 Å². The largest absolute Gasteiger partial charge is 0.378 e. The summed E-state index contributed by atoms with van der Waals surface area (Å²) >= 11 is 7.42. The highest BCUT2D eigenvalue weighted by atomic mass is 35.5. The standard InChI is InChI=1S/C15H23ClN2O2S.ClH/c1-4-20-11-9-15(17,14(11,2)3)13(19)18-8-7-10-5-6-12(16)21-10;/h5-6,11H,4,7-9,17H2,1-3H3,(H,18,19);1H. The molecule has 1 saturated carbocycles. The molecule has 22 heavy (non-hydrogen) atoms. The molecule has 1 aromatic rings. The summed E-state index contributed by atoms with van der Waals surface area (Å²) in [5, 5.41) is 2.95. The second-order valence-electron chi connectivity index (χ2n) is 6.05. The monoisotopic (exact) mass is 366 g/mol. The summed E-state index contributed by atoms with van der Waals surface area (Å²) < 4.78 is 6.41. The number of nitrogens with one attached hydrogen (secondary N) is 1. The Morgan fingerprint density at radius 1 is 1.55 bits per heavy atom. The Morgan fingerprint density at radius 3 is 2.73 bits per heavy atom. The Bertz CT molecular complexity index is 521. The van der Waals surface area contributed by atoms with Crippen molar-refractivity contribution in [1.82, 2.24) is 5.32 Å². The minimum atomic E-state index is -0.847. The minimum Gasteiger partial charge on any atom is -0.378 e. The van der Waals surface area contributed by atoms with E-state index in [0.29, 0.717) is 19.6 Å². The van der Waals surface area contributed by atoms with Gasteiger partial charge in [-0.05, 0) is 25.5 Å². The zero-order valence-corrected chi connectivity index (χ0v) is 15.5. The van der Waals surface area contributed by atoms with Gasteiger partial charge in [0.1, 0.15) is 5.54 Å². The number of carbonyl (C=O) groups excluding carboxylic acids is 1. The first kappa shape index (κ1) is 19.7. The molecule has 2 unspecified atom stereocenters. The first-order chi connectivity index (χ1) is 9.81. The lowest BCUT2D eigenvalue weighted by atomic mass is 9.54. The first-order valence-electron chi connectivity index (χ1n) is 7.24. The number of ether oxygens (including phenoxy) is 1. The fraction of sp³-hybridized carbons (Fsp3) is 0.667. The van der Waals surface area contributed by atoms with Gasteiger partial charge in [0.25, 0.3) is 0 Å². The molecule has 1 heterocycles. The number of hydrogen-bond acceptors (Lipinski definition) is 4. The van der Waals surface area contributed by atoms with Gasteiger partial charge < -0.3 is 15.8 Å². The number of rotatable bonds is 6. The molecule has 2 atom stereocenters. The van der Waals surface area contributed by atoms with Gasteiger partial charge in [-0.25, -0.2) is 0 Å². The quantitative estimate of drug-likeness (QED) is 0.812. The highest BCUT2D eigenvalue weighted by Crippen LogP contribution is 2.49. The van der Waals surface area contributed by atoms with Crippen LogP contribution in [0.4, 0.5) is 0 Å². The van der Waals surface area contributed by atoms with Gasteiger partial charge in [0, 0.05) is 29.9 Å². The molecule has 0 saturated heterocycles. The van der Waals surface area contributed by atoms with E-state index in [1.165, 1.54) is 11.3 Å². The molecule has 1 aliphatic carbocycles. The first-order valence-corrected chi connectivity index (χ1v) is 8.43. The summed E-state index contributed by atoms with van der Waals surface area (Å²) in [6.45, 7) is 7.17. The van der Waals surface area contributed by atoms with Gasteiger partial charge in [0.05, 0.1) is 10.4 Å². The molecule has 2 rings (SSSR count). The van der Waals surface area contributed by atoms with Gasteiger partial charge in [-0.1, -0.05) is 25.4 Å². The normalized spacial score (nSPS) is 26.0. The van der Waals surface area contributed by atoms with Crippen molar-refractivity contribution in [3.05, 3.63) is 21.3 Å². The third kappa shape index (κ3) is 3.60. The molecule has 4 nitrogen and oxygen atoms in total. The van der Waals surface area contributed by atoms with Gasteiger partial charge >= 0.3 is 0 Å². The second kappa shape index (κ2) is 7.49. The van der Waals surface area contributed by atoms with Crippen LogP contribution in [0.1, 0.15) is 32.1 Å². The highest BCUT2D eigenvalue weighted by molar-refractivity contribution is 7.16. The molecule has 0 aromatic carbocycles. The van der Waals surface area contributed by atoms with Gasteiger partial charge in [-0.3, -0.25) is 4.79 Å². The van der Waals surface area contributed by atoms with Crippen molar-refractivity contribution in [1.29, 1.82) is 0 Å². The summed E-state index contributed by atoms with van der Waals surface area (Å²) in [5.74, 6) is -0.0916. The number of thiophene rings is 1. The average Bonchev–Trinajstić information content (AvgIpc) is 2.83. The number of carbonyl (C=O) groups is 1. The van der Waals surface area contributed by atoms with Crippen LogP contribution in [-0.2, 0) is 16.0 Å². The van der Waals surface area contributed by atoms with Crippen molar-refractivity contribution in [2.45, 2.75) is 45.3 Å². The maximum Gasteiger partial charge on any atom is 0.240 e. The zero-order valence-electron chi connectivity index (χ0n) is 13.1. The van der Waals surface area contributed by atoms with Gasteiger partial charge in [-0.15, -0.1) is 23.7 Å². The van der Waals surface area contributed by atoms with Crippen molar-refractivity contribution in [2.24, 2.45) is 11.1 Å². The maximum atomic E-state index is 12.4. The van der Waals surface area contributed by atoms with E-state index in [-0.39, 0.29) is 29.8 Å². The predicted molar refractivity (Wildman–Crippen MR) is 94.0 cm³/mol. The van der Waals surface area contributed by atoms with Crippen molar-refractivity contribution in [3.8, 4) is 0 Å². The third-order valence-electron chi connectivity index (χ3n) is 4.52. The molecule has 1 aliphatic rings. The molecule has 0 aliphatic heterocycles. The topological polar surface area (TPSA) is 64.3 Å². The number of halogens is 2. The molecule has 3 N–H and O–H groups in total. The molecule has 0 radical (unpaired) electrons. The van der Waals surface area contributed by atoms with Crippen LogP contribution >= 0.6 is 35.3 Å². The lowest BCUT2D eigenvalue weighted by Crippen LogP contribution is -2.75. The Labute approximate surface area is 147 Å². The molecule has 1 amide bonds. The second-order valence-corrected chi connectivity index (χ2v) is 7.85. The Hall–Kier alpha value is -0.330. The third-order valence-corrected chi connectivity index (χ3v) is 5.81. The van der Waals surface area contributed by atoms with Crippen LogP contribution < -0.4 is 11.1 Å². The molecular formula is C15H24Cl2N2O2S. The van der Waals surface area contributed by atoms with E-state index >= 15 is 0 Å². The van der Waals surface area contributed by atoms with E-state index in [9.17, 15) is 4.79 Å². The molecule has 1 aromatic heterocycles. The van der Waals surface area contributed by atoms with E-state index in [2.05, 4.69) is 5.32 Å². The molecule has 0 spiro atoms. The molecule has 0 bridgehead atoms. The summed E-state index contributed by atoms with van der Waals surface area (Å²) in [6, 6.07) is 3.85. The lowest BCUT2D eigenvalue weighted by Gasteiger charge is -2.57. The lowest BCUT2D eigenvalue weighted by molar-refractivity contribution is -0.170. The van der Waals surface area contributed by atoms with Crippen molar-refractivity contribution >= 4 is 41.3 Å².